The number of hydrogen-bond donors (Lipinski definition) is 3. The van der Waals surface area contributed by atoms with Gasteiger partial charge in [-0.2, -0.15) is 11.8 Å². The molecule has 1 heterocycles. The predicted molar refractivity (Wildman–Crippen MR) is 120 cm³/mol. The summed E-state index contributed by atoms with van der Waals surface area (Å²) >= 11 is 1.55. The topological polar surface area (TPSA) is 89.9 Å². The number of hydrogen-bond acceptors (Lipinski definition) is 5. The maximum absolute atomic E-state index is 13.0. The number of carbonyl (C=O) groups excluding carboxylic acids is 1. The molecule has 2 aromatic carbocycles. The first kappa shape index (κ1) is 22.3. The molecule has 2 aromatic rings. The Morgan fingerprint density at radius 1 is 1.23 bits per heavy atom. The number of aliphatic hydroxyl groups is 1. The highest BCUT2D eigenvalue weighted by Gasteiger charge is 2.23. The molecule has 7 heteroatoms. The van der Waals surface area contributed by atoms with E-state index in [1.54, 1.807) is 17.8 Å². The second-order valence-corrected chi connectivity index (χ2v) is 8.55. The number of aliphatic carboxylic acids is 1. The van der Waals surface area contributed by atoms with Crippen LogP contribution in [0.3, 0.4) is 0 Å². The van der Waals surface area contributed by atoms with E-state index in [1.807, 2.05) is 48.7 Å². The van der Waals surface area contributed by atoms with Crippen molar-refractivity contribution in [2.24, 2.45) is 0 Å². The van der Waals surface area contributed by atoms with E-state index < -0.39 is 12.0 Å². The van der Waals surface area contributed by atoms with Gasteiger partial charge in [-0.05, 0) is 53.7 Å². The van der Waals surface area contributed by atoms with Crippen LogP contribution in [0, 0.1) is 0 Å². The van der Waals surface area contributed by atoms with Gasteiger partial charge in [0, 0.05) is 25.2 Å². The van der Waals surface area contributed by atoms with E-state index in [2.05, 4.69) is 10.2 Å². The highest BCUT2D eigenvalue weighted by atomic mass is 32.2. The highest BCUT2D eigenvalue weighted by molar-refractivity contribution is 7.98. The molecule has 1 aliphatic heterocycles. The first-order valence-electron chi connectivity index (χ1n) is 10.1. The van der Waals surface area contributed by atoms with Gasteiger partial charge in [-0.1, -0.05) is 36.4 Å². The monoisotopic (exact) mass is 428 g/mol. The predicted octanol–water partition coefficient (Wildman–Crippen LogP) is 2.86. The van der Waals surface area contributed by atoms with Crippen LogP contribution in [0.4, 0.5) is 0 Å². The normalized spacial score (nSPS) is 17.6. The number of likely N-dealkylation sites (tertiary alicyclic amines) is 1. The first-order valence-corrected chi connectivity index (χ1v) is 11.5. The van der Waals surface area contributed by atoms with Gasteiger partial charge in [0.05, 0.1) is 6.10 Å². The fraction of sp³-hybridized carbons (Fsp3) is 0.391. The van der Waals surface area contributed by atoms with Crippen molar-refractivity contribution in [2.45, 2.75) is 31.5 Å². The van der Waals surface area contributed by atoms with Crippen LogP contribution in [-0.2, 0) is 11.3 Å². The van der Waals surface area contributed by atoms with Crippen LogP contribution in [0.1, 0.15) is 28.8 Å². The minimum Gasteiger partial charge on any atom is -0.480 e. The van der Waals surface area contributed by atoms with Crippen molar-refractivity contribution >= 4 is 23.6 Å². The Morgan fingerprint density at radius 3 is 2.63 bits per heavy atom. The van der Waals surface area contributed by atoms with Crippen molar-refractivity contribution in [1.29, 1.82) is 0 Å². The average Bonchev–Trinajstić information content (AvgIpc) is 3.15. The zero-order valence-electron chi connectivity index (χ0n) is 17.1. The number of aliphatic hydroxyl groups excluding tert-OH is 1. The van der Waals surface area contributed by atoms with Crippen LogP contribution in [0.15, 0.2) is 48.5 Å². The molecule has 3 rings (SSSR count). The second-order valence-electron chi connectivity index (χ2n) is 7.57. The lowest BCUT2D eigenvalue weighted by Crippen LogP contribution is -2.41. The summed E-state index contributed by atoms with van der Waals surface area (Å²) in [4.78, 5) is 26.7. The molecular formula is C23H28N2O4S. The Kier molecular flexibility index (Phi) is 7.90. The average molecular weight is 429 g/mol. The molecule has 0 radical (unpaired) electrons. The zero-order chi connectivity index (χ0) is 21.5. The number of thioether (sulfide) groups is 1. The number of benzene rings is 2. The fourth-order valence-electron chi connectivity index (χ4n) is 3.69. The third-order valence-electron chi connectivity index (χ3n) is 5.28. The van der Waals surface area contributed by atoms with Crippen molar-refractivity contribution in [3.63, 3.8) is 0 Å². The number of amides is 1. The van der Waals surface area contributed by atoms with Gasteiger partial charge in [-0.25, -0.2) is 4.79 Å². The summed E-state index contributed by atoms with van der Waals surface area (Å²) < 4.78 is 0. The summed E-state index contributed by atoms with van der Waals surface area (Å²) in [5.74, 6) is -0.753. The second kappa shape index (κ2) is 10.6. The first-order chi connectivity index (χ1) is 14.5. The summed E-state index contributed by atoms with van der Waals surface area (Å²) in [6.07, 6.45) is 2.78. The van der Waals surface area contributed by atoms with Crippen LogP contribution < -0.4 is 5.32 Å². The van der Waals surface area contributed by atoms with Gasteiger partial charge in [-0.3, -0.25) is 9.69 Å². The van der Waals surface area contributed by atoms with Crippen LogP contribution in [0.2, 0.25) is 0 Å². The lowest BCUT2D eigenvalue weighted by molar-refractivity contribution is -0.139. The van der Waals surface area contributed by atoms with Crippen LogP contribution in [0.5, 0.6) is 0 Å². The van der Waals surface area contributed by atoms with Gasteiger partial charge in [0.25, 0.3) is 5.91 Å². The maximum Gasteiger partial charge on any atom is 0.326 e. The van der Waals surface area contributed by atoms with Crippen molar-refractivity contribution in [3.05, 3.63) is 59.7 Å². The third-order valence-corrected chi connectivity index (χ3v) is 5.93. The minimum absolute atomic E-state index is 0.280. The Balaban J connectivity index is 1.87. The molecule has 6 nitrogen and oxygen atoms in total. The molecule has 0 saturated carbocycles. The van der Waals surface area contributed by atoms with Gasteiger partial charge in [-0.15, -0.1) is 0 Å². The molecule has 3 N–H and O–H groups in total. The van der Waals surface area contributed by atoms with E-state index in [4.69, 9.17) is 0 Å². The van der Waals surface area contributed by atoms with Gasteiger partial charge >= 0.3 is 5.97 Å². The summed E-state index contributed by atoms with van der Waals surface area (Å²) in [6.45, 7) is 2.20. The molecule has 0 aliphatic carbocycles. The lowest BCUT2D eigenvalue weighted by atomic mass is 9.96. The minimum atomic E-state index is -1.03. The third kappa shape index (κ3) is 5.84. The standard InChI is InChI=1S/C23H28N2O4S/c1-30-12-10-21(23(28)29)24-22(27)19-8-7-16(14-25-11-9-18(26)15-25)13-20(19)17-5-3-2-4-6-17/h2-8,13,18,21,26H,9-12,14-15H2,1H3,(H,24,27)(H,28,29)/t18?,21-/m0/s1. The molecule has 2 atom stereocenters. The summed E-state index contributed by atoms with van der Waals surface area (Å²) in [5, 5.41) is 21.9. The molecule has 0 aromatic heterocycles. The quantitative estimate of drug-likeness (QED) is 0.569. The van der Waals surface area contributed by atoms with E-state index in [-0.39, 0.29) is 12.0 Å². The van der Waals surface area contributed by atoms with Gasteiger partial charge in [0.1, 0.15) is 6.04 Å². The molecule has 0 bridgehead atoms. The molecule has 1 amide bonds. The number of nitrogens with one attached hydrogen (secondary N) is 1. The molecule has 1 saturated heterocycles. The van der Waals surface area contributed by atoms with E-state index in [0.717, 1.165) is 29.7 Å². The molecule has 1 fully saturated rings. The lowest BCUT2D eigenvalue weighted by Gasteiger charge is -2.19. The van der Waals surface area contributed by atoms with Gasteiger partial charge < -0.3 is 15.5 Å². The number of β-amino-alcohol motifs (C(OH)–C–C–N with tert-alkyl or cyclic N) is 1. The highest BCUT2D eigenvalue weighted by Crippen LogP contribution is 2.26. The van der Waals surface area contributed by atoms with E-state index in [0.29, 0.717) is 30.8 Å². The number of rotatable bonds is 9. The maximum atomic E-state index is 13.0. The van der Waals surface area contributed by atoms with E-state index in [9.17, 15) is 19.8 Å². The Labute approximate surface area is 181 Å². The van der Waals surface area contributed by atoms with Crippen molar-refractivity contribution in [2.75, 3.05) is 25.1 Å². The largest absolute Gasteiger partial charge is 0.480 e. The SMILES string of the molecule is CSCC[C@H](NC(=O)c1ccc(CN2CCC(O)C2)cc1-c1ccccc1)C(=O)O. The molecular weight excluding hydrogens is 400 g/mol. The Hall–Kier alpha value is -2.35. The van der Waals surface area contributed by atoms with Crippen molar-refractivity contribution in [3.8, 4) is 11.1 Å². The van der Waals surface area contributed by atoms with Crippen LogP contribution in [-0.4, -0.2) is 64.2 Å². The number of nitrogens with zero attached hydrogens (tertiary/aromatic N) is 1. The zero-order valence-corrected chi connectivity index (χ0v) is 17.9. The fourth-order valence-corrected chi connectivity index (χ4v) is 4.16. The summed E-state index contributed by atoms with van der Waals surface area (Å²) in [6, 6.07) is 14.4. The van der Waals surface area contributed by atoms with Gasteiger partial charge in [0.15, 0.2) is 0 Å². The van der Waals surface area contributed by atoms with E-state index >= 15 is 0 Å². The summed E-state index contributed by atoms with van der Waals surface area (Å²) in [7, 11) is 0. The van der Waals surface area contributed by atoms with Crippen LogP contribution >= 0.6 is 11.8 Å². The van der Waals surface area contributed by atoms with Crippen molar-refractivity contribution in [1.82, 2.24) is 10.2 Å². The number of carboxylic acid groups (broad SMARTS) is 1. The number of carbonyl (C=O) groups is 2. The molecule has 1 unspecified atom stereocenters. The smallest absolute Gasteiger partial charge is 0.326 e. The van der Waals surface area contributed by atoms with Crippen molar-refractivity contribution < 1.29 is 19.8 Å². The molecule has 30 heavy (non-hydrogen) atoms. The Bertz CT molecular complexity index is 875. The summed E-state index contributed by atoms with van der Waals surface area (Å²) in [5.41, 5.74) is 3.19. The van der Waals surface area contributed by atoms with E-state index in [1.165, 1.54) is 0 Å². The molecule has 0 spiro atoms. The van der Waals surface area contributed by atoms with Gasteiger partial charge in [0.2, 0.25) is 0 Å². The number of carboxylic acids is 1. The van der Waals surface area contributed by atoms with Crippen LogP contribution in [0.25, 0.3) is 11.1 Å². The molecule has 1 aliphatic rings. The molecule has 160 valence electrons. The Morgan fingerprint density at radius 2 is 2.00 bits per heavy atom.